The van der Waals surface area contributed by atoms with Crippen molar-refractivity contribution in [2.45, 2.75) is 56.5 Å². The molecule has 5 heterocycles. The van der Waals surface area contributed by atoms with Crippen molar-refractivity contribution in [3.05, 3.63) is 72.2 Å². The molecule has 1 atom stereocenters. The van der Waals surface area contributed by atoms with Gasteiger partial charge in [-0.2, -0.15) is 13.9 Å². The van der Waals surface area contributed by atoms with Gasteiger partial charge in [0.25, 0.3) is 17.7 Å². The molecule has 5 amide bonds. The fourth-order valence-corrected chi connectivity index (χ4v) is 6.56. The van der Waals surface area contributed by atoms with Gasteiger partial charge in [0.2, 0.25) is 11.8 Å². The normalized spacial score (nSPS) is 18.6. The highest BCUT2D eigenvalue weighted by molar-refractivity contribution is 6.23. The number of nitrogens with zero attached hydrogens (tertiary/aromatic N) is 6. The van der Waals surface area contributed by atoms with Gasteiger partial charge in [0.1, 0.15) is 6.04 Å². The van der Waals surface area contributed by atoms with Gasteiger partial charge >= 0.3 is 5.92 Å². The van der Waals surface area contributed by atoms with E-state index in [4.69, 9.17) is 0 Å². The van der Waals surface area contributed by atoms with Gasteiger partial charge in [0.05, 0.1) is 46.3 Å². The summed E-state index contributed by atoms with van der Waals surface area (Å²) in [6.07, 6.45) is 5.58. The number of carbonyl (C=O) groups is 5. The Kier molecular flexibility index (Phi) is 8.34. The van der Waals surface area contributed by atoms with Gasteiger partial charge in [-0.3, -0.25) is 43.9 Å². The average Bonchev–Trinajstić information content (AvgIpc) is 3.69. The molecule has 2 fully saturated rings. The third-order valence-corrected chi connectivity index (χ3v) is 9.22. The zero-order valence-electron chi connectivity index (χ0n) is 26.3. The molecule has 49 heavy (non-hydrogen) atoms. The molecule has 0 radical (unpaired) electrons. The number of fused-ring (bicyclic) bond motifs is 2. The summed E-state index contributed by atoms with van der Waals surface area (Å²) in [4.78, 5) is 73.7. The van der Waals surface area contributed by atoms with E-state index in [0.29, 0.717) is 24.2 Å². The van der Waals surface area contributed by atoms with Crippen molar-refractivity contribution in [1.82, 2.24) is 34.9 Å². The van der Waals surface area contributed by atoms with E-state index in [-0.39, 0.29) is 56.1 Å². The number of benzene rings is 2. The first-order valence-corrected chi connectivity index (χ1v) is 16.1. The van der Waals surface area contributed by atoms with E-state index >= 15 is 8.78 Å². The quantitative estimate of drug-likeness (QED) is 0.201. The monoisotopic (exact) mass is 670 g/mol. The third-order valence-electron chi connectivity index (χ3n) is 9.22. The Morgan fingerprint density at radius 1 is 0.959 bits per heavy atom. The SMILES string of the molecule is O=C1CCC(N2C(=O)c3ccc(NCCCC(F)(F)C(=O)N4CCC(n5cc(-c6cnc7ccccc7n6)cn5)CC4)cc3C2=O)C(=O)N1. The van der Waals surface area contributed by atoms with Gasteiger partial charge in [0, 0.05) is 49.9 Å². The van der Waals surface area contributed by atoms with Crippen LogP contribution >= 0.6 is 0 Å². The summed E-state index contributed by atoms with van der Waals surface area (Å²) in [6.45, 7) is 0.450. The highest BCUT2D eigenvalue weighted by Crippen LogP contribution is 2.31. The molecule has 2 aromatic heterocycles. The summed E-state index contributed by atoms with van der Waals surface area (Å²) in [5.74, 6) is -7.21. The molecule has 3 aliphatic heterocycles. The van der Waals surface area contributed by atoms with E-state index in [1.54, 1.807) is 23.1 Å². The third kappa shape index (κ3) is 6.23. The number of imide groups is 2. The molecule has 0 spiro atoms. The lowest BCUT2D eigenvalue weighted by Crippen LogP contribution is -2.54. The highest BCUT2D eigenvalue weighted by atomic mass is 19.3. The predicted octanol–water partition coefficient (Wildman–Crippen LogP) is 3.59. The second-order valence-electron chi connectivity index (χ2n) is 12.4. The number of carbonyl (C=O) groups excluding carboxylic acids is 5. The lowest BCUT2D eigenvalue weighted by atomic mass is 10.0. The number of anilines is 1. The molecule has 0 saturated carbocycles. The number of rotatable bonds is 9. The number of piperidine rings is 2. The minimum absolute atomic E-state index is 0.0116. The molecule has 3 aliphatic rings. The van der Waals surface area contributed by atoms with E-state index in [9.17, 15) is 24.0 Å². The fourth-order valence-electron chi connectivity index (χ4n) is 6.56. The van der Waals surface area contributed by atoms with Gasteiger partial charge in [-0.05, 0) is 56.0 Å². The molecule has 7 rings (SSSR count). The second-order valence-corrected chi connectivity index (χ2v) is 12.4. The summed E-state index contributed by atoms with van der Waals surface area (Å²) < 4.78 is 31.8. The molecular weight excluding hydrogens is 638 g/mol. The van der Waals surface area contributed by atoms with Crippen molar-refractivity contribution >= 4 is 46.3 Å². The summed E-state index contributed by atoms with van der Waals surface area (Å²) >= 11 is 0. The van der Waals surface area contributed by atoms with Crippen LogP contribution in [0.2, 0.25) is 0 Å². The first-order valence-electron chi connectivity index (χ1n) is 16.1. The van der Waals surface area contributed by atoms with E-state index in [2.05, 4.69) is 25.7 Å². The molecule has 13 nitrogen and oxygen atoms in total. The fraction of sp³-hybridized carbons (Fsp3) is 0.353. The summed E-state index contributed by atoms with van der Waals surface area (Å²) in [5, 5.41) is 9.59. The van der Waals surface area contributed by atoms with Crippen molar-refractivity contribution < 1.29 is 32.8 Å². The van der Waals surface area contributed by atoms with Gasteiger partial charge in [-0.1, -0.05) is 12.1 Å². The summed E-state index contributed by atoms with van der Waals surface area (Å²) in [7, 11) is 0. The zero-order chi connectivity index (χ0) is 34.3. The number of alkyl halides is 2. The molecule has 252 valence electrons. The number of nitrogens with one attached hydrogen (secondary N) is 2. The van der Waals surface area contributed by atoms with Crippen LogP contribution in [0, 0.1) is 0 Å². The average molecular weight is 671 g/mol. The lowest BCUT2D eigenvalue weighted by molar-refractivity contribution is -0.159. The Morgan fingerprint density at radius 3 is 2.49 bits per heavy atom. The van der Waals surface area contributed by atoms with E-state index in [0.717, 1.165) is 21.5 Å². The topological polar surface area (TPSA) is 159 Å². The molecule has 4 aromatic rings. The van der Waals surface area contributed by atoms with Crippen molar-refractivity contribution in [2.24, 2.45) is 0 Å². The maximum atomic E-state index is 15.0. The van der Waals surface area contributed by atoms with Crippen LogP contribution in [0.5, 0.6) is 0 Å². The summed E-state index contributed by atoms with van der Waals surface area (Å²) in [6, 6.07) is 10.9. The van der Waals surface area contributed by atoms with Crippen LogP contribution in [0.25, 0.3) is 22.3 Å². The smallest absolute Gasteiger partial charge is 0.324 e. The number of likely N-dealkylation sites (tertiary alicyclic amines) is 1. The summed E-state index contributed by atoms with van der Waals surface area (Å²) in [5.41, 5.74) is 3.67. The Hall–Kier alpha value is -5.60. The van der Waals surface area contributed by atoms with Crippen molar-refractivity contribution in [1.29, 1.82) is 0 Å². The van der Waals surface area contributed by atoms with Crippen molar-refractivity contribution in [2.75, 3.05) is 25.0 Å². The first-order chi connectivity index (χ1) is 23.6. The van der Waals surface area contributed by atoms with E-state index < -0.39 is 47.9 Å². The Labute approximate surface area is 278 Å². The molecule has 2 N–H and O–H groups in total. The predicted molar refractivity (Wildman–Crippen MR) is 171 cm³/mol. The van der Waals surface area contributed by atoms with Crippen LogP contribution in [0.4, 0.5) is 14.5 Å². The zero-order valence-corrected chi connectivity index (χ0v) is 26.3. The number of hydrogen-bond donors (Lipinski definition) is 2. The van der Waals surface area contributed by atoms with Crippen molar-refractivity contribution in [3.8, 4) is 11.3 Å². The largest absolute Gasteiger partial charge is 0.385 e. The highest BCUT2D eigenvalue weighted by Gasteiger charge is 2.45. The van der Waals surface area contributed by atoms with E-state index in [1.807, 2.05) is 30.5 Å². The maximum Gasteiger partial charge on any atom is 0.324 e. The number of halogens is 2. The molecule has 0 aliphatic carbocycles. The molecule has 15 heteroatoms. The standard InChI is InChI=1S/C34H32F2N8O5/c35-34(36,12-3-13-37-21-6-7-23-24(16-21)32(48)44(31(23)47)28-8-9-29(45)41-30(28)46)33(49)42-14-10-22(11-15-42)43-19-20(17-39-43)27-18-38-25-4-1-2-5-26(25)40-27/h1-2,4-7,16-19,22,28,37H,3,8-15H2,(H,41,45,46). The van der Waals surface area contributed by atoms with Crippen molar-refractivity contribution in [3.63, 3.8) is 0 Å². The number of amides is 5. The van der Waals surface area contributed by atoms with Gasteiger partial charge in [-0.25, -0.2) is 4.98 Å². The number of aromatic nitrogens is 4. The van der Waals surface area contributed by atoms with Crippen LogP contribution < -0.4 is 10.6 Å². The molecule has 0 bridgehead atoms. The van der Waals surface area contributed by atoms with E-state index in [1.165, 1.54) is 17.0 Å². The Balaban J connectivity index is 0.888. The minimum atomic E-state index is -3.55. The molecule has 1 unspecified atom stereocenters. The molecule has 2 saturated heterocycles. The maximum absolute atomic E-state index is 15.0. The van der Waals surface area contributed by atoms with Crippen LogP contribution in [0.15, 0.2) is 61.1 Å². The lowest BCUT2D eigenvalue weighted by Gasteiger charge is -2.34. The second kappa shape index (κ2) is 12.8. The van der Waals surface area contributed by atoms with Crippen LogP contribution in [-0.2, 0) is 14.4 Å². The number of para-hydroxylation sites is 2. The molecular formula is C34H32F2N8O5. The number of hydrogen-bond acceptors (Lipinski definition) is 9. The van der Waals surface area contributed by atoms with Crippen LogP contribution in [-0.4, -0.2) is 90.7 Å². The minimum Gasteiger partial charge on any atom is -0.385 e. The van der Waals surface area contributed by atoms with Gasteiger partial charge < -0.3 is 10.2 Å². The van der Waals surface area contributed by atoms with Gasteiger partial charge in [0.15, 0.2) is 0 Å². The van der Waals surface area contributed by atoms with Gasteiger partial charge in [-0.15, -0.1) is 0 Å². The van der Waals surface area contributed by atoms with Crippen LogP contribution in [0.3, 0.4) is 0 Å². The Bertz CT molecular complexity index is 1990. The molecule has 2 aromatic carbocycles. The van der Waals surface area contributed by atoms with Crippen LogP contribution in [0.1, 0.15) is 65.3 Å². The Morgan fingerprint density at radius 2 is 1.71 bits per heavy atom. The first kappa shape index (κ1) is 32.0.